The average Bonchev–Trinajstić information content (AvgIpc) is 2.26. The van der Waals surface area contributed by atoms with Crippen molar-refractivity contribution < 1.29 is 23.5 Å². The van der Waals surface area contributed by atoms with Crippen molar-refractivity contribution in [2.24, 2.45) is 5.92 Å². The number of alkyl halides is 2. The molecule has 0 unspecified atom stereocenters. The van der Waals surface area contributed by atoms with Crippen LogP contribution in [0.1, 0.15) is 12.8 Å². The highest BCUT2D eigenvalue weighted by atomic mass is 19.3. The van der Waals surface area contributed by atoms with Gasteiger partial charge in [0.15, 0.2) is 0 Å². The van der Waals surface area contributed by atoms with Crippen LogP contribution in [0, 0.1) is 5.92 Å². The predicted molar refractivity (Wildman–Crippen MR) is 52.1 cm³/mol. The first-order chi connectivity index (χ1) is 7.50. The van der Waals surface area contributed by atoms with Crippen molar-refractivity contribution in [3.8, 4) is 0 Å². The highest BCUT2D eigenvalue weighted by Gasteiger charge is 2.27. The number of nitrogens with zero attached hydrogens (tertiary/aromatic N) is 1. The van der Waals surface area contributed by atoms with Crippen LogP contribution < -0.4 is 0 Å². The van der Waals surface area contributed by atoms with E-state index in [-0.39, 0.29) is 25.9 Å². The maximum Gasteiger partial charge on any atom is 0.328 e. The second kappa shape index (κ2) is 5.58. The molecular weight excluding hydrogens is 220 g/mol. The van der Waals surface area contributed by atoms with Crippen LogP contribution in [0.3, 0.4) is 0 Å². The summed E-state index contributed by atoms with van der Waals surface area (Å²) in [6.45, 7) is 0.523. The van der Waals surface area contributed by atoms with Gasteiger partial charge in [0.05, 0.1) is 0 Å². The molecule has 16 heavy (non-hydrogen) atoms. The first-order valence-electron chi connectivity index (χ1n) is 4.98. The molecule has 1 heterocycles. The molecule has 4 nitrogen and oxygen atoms in total. The smallest absolute Gasteiger partial charge is 0.328 e. The number of hydrogen-bond donors (Lipinski definition) is 1. The number of piperidine rings is 1. The molecule has 1 aliphatic rings. The highest BCUT2D eigenvalue weighted by Crippen LogP contribution is 2.23. The number of aliphatic carboxylic acids is 1. The van der Waals surface area contributed by atoms with E-state index >= 15 is 0 Å². The van der Waals surface area contributed by atoms with E-state index in [1.165, 1.54) is 4.90 Å². The van der Waals surface area contributed by atoms with E-state index in [0.29, 0.717) is 0 Å². The van der Waals surface area contributed by atoms with E-state index in [1.807, 2.05) is 0 Å². The summed E-state index contributed by atoms with van der Waals surface area (Å²) in [7, 11) is 0. The molecule has 1 fully saturated rings. The fraction of sp³-hybridized carbons (Fsp3) is 0.600. The van der Waals surface area contributed by atoms with Gasteiger partial charge in [-0.05, 0) is 12.8 Å². The zero-order valence-electron chi connectivity index (χ0n) is 8.60. The van der Waals surface area contributed by atoms with Crippen LogP contribution in [-0.4, -0.2) is 41.4 Å². The number of amides is 1. The highest BCUT2D eigenvalue weighted by molar-refractivity contribution is 5.93. The molecule has 0 atom stereocenters. The Balaban J connectivity index is 2.42. The lowest BCUT2D eigenvalue weighted by Gasteiger charge is -2.30. The molecule has 0 aromatic rings. The molecule has 1 rings (SSSR count). The summed E-state index contributed by atoms with van der Waals surface area (Å²) in [5.41, 5.74) is 0. The number of carboxylic acid groups (broad SMARTS) is 1. The Bertz CT molecular complexity index is 296. The van der Waals surface area contributed by atoms with Crippen molar-refractivity contribution in [1.82, 2.24) is 4.90 Å². The minimum absolute atomic E-state index is 0.262. The van der Waals surface area contributed by atoms with Gasteiger partial charge in [0.1, 0.15) is 0 Å². The lowest BCUT2D eigenvalue weighted by Crippen LogP contribution is -2.39. The van der Waals surface area contributed by atoms with E-state index in [0.717, 1.165) is 12.2 Å². The van der Waals surface area contributed by atoms with Gasteiger partial charge in [-0.15, -0.1) is 0 Å². The van der Waals surface area contributed by atoms with Crippen LogP contribution in [0.2, 0.25) is 0 Å². The minimum atomic E-state index is -2.34. The normalized spacial score (nSPS) is 18.3. The number of rotatable bonds is 3. The zero-order chi connectivity index (χ0) is 12.1. The van der Waals surface area contributed by atoms with Crippen molar-refractivity contribution >= 4 is 11.9 Å². The Morgan fingerprint density at radius 2 is 1.81 bits per heavy atom. The van der Waals surface area contributed by atoms with E-state index in [9.17, 15) is 18.4 Å². The number of carboxylic acids is 1. The summed E-state index contributed by atoms with van der Waals surface area (Å²) in [4.78, 5) is 22.9. The van der Waals surface area contributed by atoms with Gasteiger partial charge in [-0.2, -0.15) is 0 Å². The molecule has 1 N–H and O–H groups in total. The molecule has 0 aromatic heterocycles. The third-order valence-electron chi connectivity index (χ3n) is 2.58. The van der Waals surface area contributed by atoms with Crippen molar-refractivity contribution in [2.75, 3.05) is 13.1 Å². The molecule has 1 saturated heterocycles. The molecule has 90 valence electrons. The Kier molecular flexibility index (Phi) is 4.39. The van der Waals surface area contributed by atoms with Gasteiger partial charge in [-0.3, -0.25) is 4.79 Å². The van der Waals surface area contributed by atoms with Crippen molar-refractivity contribution in [3.63, 3.8) is 0 Å². The standard InChI is InChI=1S/C10H13F2NO3/c11-10(12)7-3-5-13(6-4-7)8(14)1-2-9(15)16/h1-2,7,10H,3-6H2,(H,15,16)/b2-1+. The van der Waals surface area contributed by atoms with E-state index in [1.54, 1.807) is 0 Å². The summed E-state index contributed by atoms with van der Waals surface area (Å²) in [5.74, 6) is -2.28. The van der Waals surface area contributed by atoms with Crippen LogP contribution >= 0.6 is 0 Å². The molecule has 0 bridgehead atoms. The third kappa shape index (κ3) is 3.60. The van der Waals surface area contributed by atoms with Crippen molar-refractivity contribution in [1.29, 1.82) is 0 Å². The van der Waals surface area contributed by atoms with Gasteiger partial charge >= 0.3 is 5.97 Å². The maximum absolute atomic E-state index is 12.3. The number of halogens is 2. The molecule has 0 spiro atoms. The van der Waals surface area contributed by atoms with E-state index < -0.39 is 24.2 Å². The van der Waals surface area contributed by atoms with Crippen LogP contribution in [0.15, 0.2) is 12.2 Å². The average molecular weight is 233 g/mol. The monoisotopic (exact) mass is 233 g/mol. The number of carbonyl (C=O) groups is 2. The van der Waals surface area contributed by atoms with Gasteiger partial charge < -0.3 is 10.0 Å². The Hall–Kier alpha value is -1.46. The van der Waals surface area contributed by atoms with Crippen LogP contribution in [0.4, 0.5) is 8.78 Å². The fourth-order valence-corrected chi connectivity index (χ4v) is 1.62. The molecular formula is C10H13F2NO3. The molecule has 0 aliphatic carbocycles. The molecule has 1 amide bonds. The molecule has 0 saturated carbocycles. The minimum Gasteiger partial charge on any atom is -0.478 e. The van der Waals surface area contributed by atoms with Gasteiger partial charge in [-0.1, -0.05) is 0 Å². The van der Waals surface area contributed by atoms with Gasteiger partial charge in [0.2, 0.25) is 12.3 Å². The third-order valence-corrected chi connectivity index (χ3v) is 2.58. The quantitative estimate of drug-likeness (QED) is 0.743. The fourth-order valence-electron chi connectivity index (χ4n) is 1.62. The molecule has 1 aliphatic heterocycles. The Labute approximate surface area is 91.5 Å². The van der Waals surface area contributed by atoms with Crippen molar-refractivity contribution in [3.05, 3.63) is 12.2 Å². The first kappa shape index (κ1) is 12.6. The summed E-state index contributed by atoms with van der Waals surface area (Å²) in [5, 5.41) is 8.32. The molecule has 0 aromatic carbocycles. The second-order valence-corrected chi connectivity index (χ2v) is 3.67. The Morgan fingerprint density at radius 3 is 2.25 bits per heavy atom. The van der Waals surface area contributed by atoms with E-state index in [2.05, 4.69) is 0 Å². The van der Waals surface area contributed by atoms with E-state index in [4.69, 9.17) is 5.11 Å². The zero-order valence-corrected chi connectivity index (χ0v) is 8.60. The predicted octanol–water partition coefficient (Wildman–Crippen LogP) is 1.13. The summed E-state index contributed by atoms with van der Waals surface area (Å²) in [6, 6.07) is 0. The lowest BCUT2D eigenvalue weighted by atomic mass is 9.97. The van der Waals surface area contributed by atoms with Crippen LogP contribution in [0.5, 0.6) is 0 Å². The number of likely N-dealkylation sites (tertiary alicyclic amines) is 1. The maximum atomic E-state index is 12.3. The number of carbonyl (C=O) groups excluding carboxylic acids is 1. The Morgan fingerprint density at radius 1 is 1.25 bits per heavy atom. The van der Waals surface area contributed by atoms with Gasteiger partial charge in [0, 0.05) is 31.2 Å². The second-order valence-electron chi connectivity index (χ2n) is 3.67. The molecule has 0 radical (unpaired) electrons. The summed E-state index contributed by atoms with van der Waals surface area (Å²) in [6.07, 6.45) is -0.104. The van der Waals surface area contributed by atoms with Crippen molar-refractivity contribution in [2.45, 2.75) is 19.3 Å². The summed E-state index contributed by atoms with van der Waals surface area (Å²) < 4.78 is 24.6. The summed E-state index contributed by atoms with van der Waals surface area (Å²) >= 11 is 0. The first-order valence-corrected chi connectivity index (χ1v) is 4.98. The molecule has 6 heteroatoms. The number of hydrogen-bond acceptors (Lipinski definition) is 2. The largest absolute Gasteiger partial charge is 0.478 e. The van der Waals surface area contributed by atoms with Crippen LogP contribution in [-0.2, 0) is 9.59 Å². The topological polar surface area (TPSA) is 57.6 Å². The van der Waals surface area contributed by atoms with Gasteiger partial charge in [0.25, 0.3) is 0 Å². The lowest BCUT2D eigenvalue weighted by molar-refractivity contribution is -0.132. The SMILES string of the molecule is O=C(O)/C=C/C(=O)N1CCC(C(F)F)CC1. The van der Waals surface area contributed by atoms with Crippen LogP contribution in [0.25, 0.3) is 0 Å². The van der Waals surface area contributed by atoms with Gasteiger partial charge in [-0.25, -0.2) is 13.6 Å².